The van der Waals surface area contributed by atoms with Crippen molar-refractivity contribution in [1.82, 2.24) is 10.6 Å². The first-order valence-electron chi connectivity index (χ1n) is 7.95. The minimum absolute atomic E-state index is 0.0485. The molecule has 21 heavy (non-hydrogen) atoms. The predicted octanol–water partition coefficient (Wildman–Crippen LogP) is 1.89. The van der Waals surface area contributed by atoms with Crippen LogP contribution in [0.1, 0.15) is 51.9 Å². The van der Waals surface area contributed by atoms with Crippen LogP contribution in [0.3, 0.4) is 0 Å². The number of hydrogen-bond acceptors (Lipinski definition) is 3. The van der Waals surface area contributed by atoms with Gasteiger partial charge in [-0.2, -0.15) is 0 Å². The summed E-state index contributed by atoms with van der Waals surface area (Å²) in [6, 6.07) is -0.385. The van der Waals surface area contributed by atoms with Gasteiger partial charge in [-0.1, -0.05) is 19.8 Å². The van der Waals surface area contributed by atoms with Crippen LogP contribution >= 0.6 is 0 Å². The second-order valence-corrected chi connectivity index (χ2v) is 6.23. The molecule has 0 radical (unpaired) electrons. The second-order valence-electron chi connectivity index (χ2n) is 6.23. The van der Waals surface area contributed by atoms with Crippen LogP contribution in [0.2, 0.25) is 0 Å². The van der Waals surface area contributed by atoms with E-state index in [0.717, 1.165) is 45.1 Å². The molecule has 0 aromatic heterocycles. The lowest BCUT2D eigenvalue weighted by molar-refractivity contribution is -0.148. The van der Waals surface area contributed by atoms with Gasteiger partial charge in [0.2, 0.25) is 0 Å². The van der Waals surface area contributed by atoms with Crippen LogP contribution in [0.15, 0.2) is 0 Å². The third-order valence-corrected chi connectivity index (χ3v) is 4.79. The number of carboxylic acids is 1. The van der Waals surface area contributed by atoms with Gasteiger partial charge in [0.1, 0.15) is 5.54 Å². The molecule has 3 N–H and O–H groups in total. The Balaban J connectivity index is 1.82. The van der Waals surface area contributed by atoms with Crippen molar-refractivity contribution >= 4 is 12.0 Å². The summed E-state index contributed by atoms with van der Waals surface area (Å²) in [7, 11) is 0. The lowest BCUT2D eigenvalue weighted by Crippen LogP contribution is -2.62. The average molecular weight is 298 g/mol. The average Bonchev–Trinajstić information content (AvgIpc) is 2.94. The van der Waals surface area contributed by atoms with Crippen LogP contribution in [0.4, 0.5) is 4.79 Å². The van der Waals surface area contributed by atoms with E-state index < -0.39 is 11.5 Å². The van der Waals surface area contributed by atoms with Crippen molar-refractivity contribution in [2.24, 2.45) is 5.92 Å². The molecule has 2 amide bonds. The van der Waals surface area contributed by atoms with Crippen LogP contribution in [0.5, 0.6) is 0 Å². The summed E-state index contributed by atoms with van der Waals surface area (Å²) in [5, 5.41) is 15.0. The Kier molecular flexibility index (Phi) is 5.45. The maximum absolute atomic E-state index is 12.0. The Bertz CT molecular complexity index is 382. The lowest BCUT2D eigenvalue weighted by Gasteiger charge is -2.39. The molecule has 1 aliphatic carbocycles. The lowest BCUT2D eigenvalue weighted by atomic mass is 9.73. The van der Waals surface area contributed by atoms with Crippen molar-refractivity contribution in [3.63, 3.8) is 0 Å². The van der Waals surface area contributed by atoms with Crippen molar-refractivity contribution in [1.29, 1.82) is 0 Å². The van der Waals surface area contributed by atoms with Gasteiger partial charge in [0, 0.05) is 13.2 Å². The van der Waals surface area contributed by atoms with Crippen molar-refractivity contribution < 1.29 is 19.4 Å². The van der Waals surface area contributed by atoms with E-state index in [1.165, 1.54) is 0 Å². The molecule has 6 heteroatoms. The molecule has 2 aliphatic rings. The third-order valence-electron chi connectivity index (χ3n) is 4.79. The number of aliphatic carboxylic acids is 1. The van der Waals surface area contributed by atoms with Crippen LogP contribution in [-0.4, -0.2) is 41.9 Å². The summed E-state index contributed by atoms with van der Waals surface area (Å²) in [6.07, 6.45) is 6.34. The first-order chi connectivity index (χ1) is 10.0. The van der Waals surface area contributed by atoms with E-state index in [-0.39, 0.29) is 18.1 Å². The van der Waals surface area contributed by atoms with Gasteiger partial charge in [-0.05, 0) is 38.0 Å². The first-order valence-corrected chi connectivity index (χ1v) is 7.95. The summed E-state index contributed by atoms with van der Waals surface area (Å²) in [6.45, 7) is 3.22. The molecule has 0 aromatic carbocycles. The van der Waals surface area contributed by atoms with Crippen molar-refractivity contribution in [2.45, 2.75) is 63.5 Å². The third kappa shape index (κ3) is 3.87. The Hall–Kier alpha value is -1.30. The van der Waals surface area contributed by atoms with E-state index in [9.17, 15) is 14.7 Å². The van der Waals surface area contributed by atoms with Gasteiger partial charge in [0.15, 0.2) is 0 Å². The monoisotopic (exact) mass is 298 g/mol. The molecule has 3 unspecified atom stereocenters. The summed E-state index contributed by atoms with van der Waals surface area (Å²) in [5.74, 6) is -0.975. The maximum atomic E-state index is 12.0. The molecule has 1 saturated carbocycles. The molecule has 6 nitrogen and oxygen atoms in total. The van der Waals surface area contributed by atoms with E-state index in [4.69, 9.17) is 4.74 Å². The highest BCUT2D eigenvalue weighted by Gasteiger charge is 2.46. The molecule has 120 valence electrons. The number of carboxylic acid groups (broad SMARTS) is 1. The molecular weight excluding hydrogens is 272 g/mol. The fourth-order valence-electron chi connectivity index (χ4n) is 3.37. The largest absolute Gasteiger partial charge is 0.479 e. The number of urea groups is 1. The number of ether oxygens (including phenoxy) is 1. The Labute approximate surface area is 125 Å². The highest BCUT2D eigenvalue weighted by Crippen LogP contribution is 2.33. The summed E-state index contributed by atoms with van der Waals surface area (Å²) >= 11 is 0. The normalized spacial score (nSPS) is 32.6. The molecule has 3 atom stereocenters. The summed E-state index contributed by atoms with van der Waals surface area (Å²) in [5.41, 5.74) is -1.12. The summed E-state index contributed by atoms with van der Waals surface area (Å²) in [4.78, 5) is 23.7. The van der Waals surface area contributed by atoms with Crippen molar-refractivity contribution in [2.75, 3.05) is 13.2 Å². The highest BCUT2D eigenvalue weighted by molar-refractivity contribution is 5.86. The molecule has 2 fully saturated rings. The van der Waals surface area contributed by atoms with E-state index in [1.54, 1.807) is 0 Å². The molecular formula is C15H26N2O4. The second kappa shape index (κ2) is 7.11. The van der Waals surface area contributed by atoms with Gasteiger partial charge in [0.25, 0.3) is 0 Å². The number of carbonyl (C=O) groups excluding carboxylic acids is 1. The standard InChI is InChI=1S/C15H26N2O4/c1-11-5-2-3-8-15(11,13(18)19)17-14(20)16-9-7-12-6-4-10-21-12/h11-12H,2-10H2,1H3,(H,18,19)(H2,16,17,20). The van der Waals surface area contributed by atoms with E-state index in [1.807, 2.05) is 6.92 Å². The number of rotatable bonds is 5. The molecule has 1 heterocycles. The molecule has 1 saturated heterocycles. The van der Waals surface area contributed by atoms with Gasteiger partial charge in [-0.15, -0.1) is 0 Å². The number of hydrogen-bond donors (Lipinski definition) is 3. The molecule has 2 rings (SSSR count). The molecule has 1 aliphatic heterocycles. The van der Waals surface area contributed by atoms with Gasteiger partial charge < -0.3 is 20.5 Å². The number of nitrogens with one attached hydrogen (secondary N) is 2. The Morgan fingerprint density at radius 3 is 2.71 bits per heavy atom. The Morgan fingerprint density at radius 1 is 1.29 bits per heavy atom. The van der Waals surface area contributed by atoms with Crippen molar-refractivity contribution in [3.05, 3.63) is 0 Å². The number of carbonyl (C=O) groups is 2. The number of amides is 2. The zero-order chi connectivity index (χ0) is 15.3. The first kappa shape index (κ1) is 16.1. The summed E-state index contributed by atoms with van der Waals surface area (Å²) < 4.78 is 5.49. The van der Waals surface area contributed by atoms with Crippen LogP contribution in [-0.2, 0) is 9.53 Å². The van der Waals surface area contributed by atoms with Gasteiger partial charge in [-0.25, -0.2) is 9.59 Å². The minimum atomic E-state index is -1.12. The Morgan fingerprint density at radius 2 is 2.10 bits per heavy atom. The van der Waals surface area contributed by atoms with E-state index >= 15 is 0 Å². The van der Waals surface area contributed by atoms with Gasteiger partial charge in [-0.3, -0.25) is 0 Å². The predicted molar refractivity (Wildman–Crippen MR) is 78.1 cm³/mol. The molecule has 0 spiro atoms. The van der Waals surface area contributed by atoms with Crippen LogP contribution in [0.25, 0.3) is 0 Å². The zero-order valence-corrected chi connectivity index (χ0v) is 12.7. The minimum Gasteiger partial charge on any atom is -0.479 e. The molecule has 0 aromatic rings. The molecule has 0 bridgehead atoms. The van der Waals surface area contributed by atoms with Crippen LogP contribution < -0.4 is 10.6 Å². The fourth-order valence-corrected chi connectivity index (χ4v) is 3.37. The zero-order valence-electron chi connectivity index (χ0n) is 12.7. The van der Waals surface area contributed by atoms with E-state index in [2.05, 4.69) is 10.6 Å². The highest BCUT2D eigenvalue weighted by atomic mass is 16.5. The van der Waals surface area contributed by atoms with Gasteiger partial charge >= 0.3 is 12.0 Å². The quantitative estimate of drug-likeness (QED) is 0.723. The topological polar surface area (TPSA) is 87.7 Å². The van der Waals surface area contributed by atoms with Crippen molar-refractivity contribution in [3.8, 4) is 0 Å². The van der Waals surface area contributed by atoms with E-state index in [0.29, 0.717) is 13.0 Å². The SMILES string of the molecule is CC1CCCCC1(NC(=O)NCCC1CCCO1)C(=O)O. The fraction of sp³-hybridized carbons (Fsp3) is 0.867. The van der Waals surface area contributed by atoms with Crippen LogP contribution in [0, 0.1) is 5.92 Å². The maximum Gasteiger partial charge on any atom is 0.329 e. The van der Waals surface area contributed by atoms with Gasteiger partial charge in [0.05, 0.1) is 6.10 Å². The smallest absolute Gasteiger partial charge is 0.329 e.